The summed E-state index contributed by atoms with van der Waals surface area (Å²) in [5, 5.41) is 1.84. The second-order valence-electron chi connectivity index (χ2n) is 10.8. The fourth-order valence-electron chi connectivity index (χ4n) is 2.80. The van der Waals surface area contributed by atoms with Crippen molar-refractivity contribution in [3.05, 3.63) is 17.7 Å². The van der Waals surface area contributed by atoms with Gasteiger partial charge in [0, 0.05) is 0 Å². The van der Waals surface area contributed by atoms with Gasteiger partial charge in [0.05, 0.1) is 0 Å². The summed E-state index contributed by atoms with van der Waals surface area (Å²) in [6.07, 6.45) is -7.05. The second-order valence-corrected chi connectivity index (χ2v) is 25.2. The minimum absolute atomic E-state index is 0.0305. The Morgan fingerprint density at radius 1 is 0.829 bits per heavy atom. The first-order valence-electron chi connectivity index (χ1n) is 10.9. The first kappa shape index (κ1) is 30.8. The number of nitrogens with one attached hydrogen (secondary N) is 1. The summed E-state index contributed by atoms with van der Waals surface area (Å²) in [6.45, 7) is 9.57. The summed E-state index contributed by atoms with van der Waals surface area (Å²) in [5.74, 6) is -2.30. The fourth-order valence-corrected chi connectivity index (χ4v) is 7.72. The molecule has 1 aromatic rings. The van der Waals surface area contributed by atoms with E-state index >= 15 is 0 Å². The zero-order chi connectivity index (χ0) is 27.4. The molecule has 0 bridgehead atoms. The van der Waals surface area contributed by atoms with Crippen molar-refractivity contribution >= 4 is 40.2 Å². The normalized spacial score (nSPS) is 12.6. The molecule has 0 aliphatic rings. The summed E-state index contributed by atoms with van der Waals surface area (Å²) < 4.78 is 59.5. The van der Waals surface area contributed by atoms with Crippen LogP contribution in [-0.4, -0.2) is 60.5 Å². The Kier molecular flexibility index (Phi) is 9.92. The maximum absolute atomic E-state index is 12.5. The first-order chi connectivity index (χ1) is 15.6. The molecular weight excluding hydrogens is 578 g/mol. The van der Waals surface area contributed by atoms with Crippen molar-refractivity contribution in [1.82, 2.24) is 5.32 Å². The van der Waals surface area contributed by atoms with E-state index in [0.717, 1.165) is 3.58 Å². The number of amides is 1. The predicted molar refractivity (Wildman–Crippen MR) is 126 cm³/mol. The second kappa shape index (κ2) is 11.3. The Morgan fingerprint density at radius 3 is 1.63 bits per heavy atom. The molecule has 0 saturated carbocycles. The SMILES string of the molecule is CC(C)(C)OC(=O)Oc1cc(CCNC(=O)C(F)(F)F)[c]([Sn]([CH3])([CH3])[CH3])cc1OC(=O)OC(C)(C)C. The van der Waals surface area contributed by atoms with E-state index in [-0.39, 0.29) is 24.5 Å². The monoisotopic (exact) mass is 613 g/mol. The van der Waals surface area contributed by atoms with E-state index < -0.39 is 54.0 Å². The molecule has 0 spiro atoms. The number of hydrogen-bond acceptors (Lipinski definition) is 7. The van der Waals surface area contributed by atoms with Gasteiger partial charge in [0.2, 0.25) is 0 Å². The molecule has 8 nitrogen and oxygen atoms in total. The zero-order valence-electron chi connectivity index (χ0n) is 21.6. The Balaban J connectivity index is 3.41. The molecule has 0 saturated heterocycles. The molecule has 0 aromatic heterocycles. The van der Waals surface area contributed by atoms with Crippen molar-refractivity contribution in [2.24, 2.45) is 0 Å². The third-order valence-electron chi connectivity index (χ3n) is 4.08. The van der Waals surface area contributed by atoms with Crippen LogP contribution in [0.4, 0.5) is 22.8 Å². The van der Waals surface area contributed by atoms with Crippen LogP contribution in [-0.2, 0) is 20.7 Å². The maximum atomic E-state index is 12.5. The van der Waals surface area contributed by atoms with Crippen molar-refractivity contribution in [3.63, 3.8) is 0 Å². The number of alkyl halides is 3. The Bertz CT molecular complexity index is 943. The standard InChI is InChI=1S/C20H25F3NO7.3CH3.Sn/c1-18(2,3)30-16(26)28-13-8-7-12(9-10-24-15(25)20(21,22)23)11-14(13)29-17(27)31-19(4,5)6;;;;/h8,11H,9-10H2,1-6H3,(H,24,25);3*1H3;. The molecule has 1 rings (SSSR count). The molecular formula is C23H34F3NO7Sn. The van der Waals surface area contributed by atoms with Gasteiger partial charge in [-0.25, -0.2) is 0 Å². The van der Waals surface area contributed by atoms with Crippen LogP contribution in [0.25, 0.3) is 0 Å². The molecule has 1 aromatic carbocycles. The van der Waals surface area contributed by atoms with Gasteiger partial charge >= 0.3 is 208 Å². The van der Waals surface area contributed by atoms with Gasteiger partial charge < -0.3 is 0 Å². The molecule has 198 valence electrons. The van der Waals surface area contributed by atoms with Gasteiger partial charge in [0.1, 0.15) is 0 Å². The van der Waals surface area contributed by atoms with E-state index in [9.17, 15) is 27.6 Å². The van der Waals surface area contributed by atoms with Crippen molar-refractivity contribution in [2.45, 2.75) is 80.2 Å². The molecule has 0 heterocycles. The third kappa shape index (κ3) is 11.4. The van der Waals surface area contributed by atoms with Crippen LogP contribution in [0.1, 0.15) is 47.1 Å². The molecule has 0 fully saturated rings. The number of ether oxygens (including phenoxy) is 4. The van der Waals surface area contributed by atoms with Gasteiger partial charge in [-0.15, -0.1) is 0 Å². The molecule has 0 radical (unpaired) electrons. The van der Waals surface area contributed by atoms with Gasteiger partial charge in [0.25, 0.3) is 0 Å². The van der Waals surface area contributed by atoms with Gasteiger partial charge in [-0.2, -0.15) is 0 Å². The number of benzene rings is 1. The first-order valence-corrected chi connectivity index (χ1v) is 20.9. The van der Waals surface area contributed by atoms with Crippen LogP contribution in [0.15, 0.2) is 12.1 Å². The summed E-state index contributed by atoms with van der Waals surface area (Å²) in [5.41, 5.74) is -1.15. The van der Waals surface area contributed by atoms with Crippen LogP contribution in [0.3, 0.4) is 0 Å². The number of carbonyl (C=O) groups is 3. The van der Waals surface area contributed by atoms with Crippen molar-refractivity contribution < 1.29 is 46.5 Å². The van der Waals surface area contributed by atoms with E-state index in [1.165, 1.54) is 6.07 Å². The quantitative estimate of drug-likeness (QED) is 0.272. The minimum atomic E-state index is -5.00. The molecule has 0 aliphatic carbocycles. The average molecular weight is 612 g/mol. The fraction of sp³-hybridized carbons (Fsp3) is 0.609. The summed E-state index contributed by atoms with van der Waals surface area (Å²) >= 11 is -2.98. The van der Waals surface area contributed by atoms with Gasteiger partial charge in [0.15, 0.2) is 0 Å². The molecule has 35 heavy (non-hydrogen) atoms. The van der Waals surface area contributed by atoms with E-state index in [0.29, 0.717) is 5.56 Å². The Hall–Kier alpha value is -2.18. The average Bonchev–Trinajstić information content (AvgIpc) is 2.58. The van der Waals surface area contributed by atoms with E-state index in [1.807, 2.05) is 20.1 Å². The molecule has 1 amide bonds. The van der Waals surface area contributed by atoms with E-state index in [1.54, 1.807) is 47.6 Å². The number of hydrogen-bond donors (Lipinski definition) is 1. The third-order valence-corrected chi connectivity index (χ3v) is 10.0. The van der Waals surface area contributed by atoms with Crippen LogP contribution in [0.2, 0.25) is 14.8 Å². The van der Waals surface area contributed by atoms with Crippen molar-refractivity contribution in [2.75, 3.05) is 6.54 Å². The molecule has 0 unspecified atom stereocenters. The zero-order valence-corrected chi connectivity index (χ0v) is 24.4. The van der Waals surface area contributed by atoms with Crippen LogP contribution in [0, 0.1) is 0 Å². The van der Waals surface area contributed by atoms with E-state index in [2.05, 4.69) is 0 Å². The summed E-state index contributed by atoms with van der Waals surface area (Å²) in [6, 6.07) is 2.96. The molecule has 1 N–H and O–H groups in total. The molecule has 0 aliphatic heterocycles. The topological polar surface area (TPSA) is 100 Å². The van der Waals surface area contributed by atoms with Crippen LogP contribution in [0.5, 0.6) is 11.5 Å². The van der Waals surface area contributed by atoms with Gasteiger partial charge in [-0.05, 0) is 0 Å². The van der Waals surface area contributed by atoms with Crippen molar-refractivity contribution in [3.8, 4) is 11.5 Å². The predicted octanol–water partition coefficient (Wildman–Crippen LogP) is 5.08. The van der Waals surface area contributed by atoms with E-state index in [4.69, 9.17) is 18.9 Å². The summed E-state index contributed by atoms with van der Waals surface area (Å²) in [7, 11) is 0. The number of rotatable bonds is 6. The van der Waals surface area contributed by atoms with Crippen molar-refractivity contribution in [1.29, 1.82) is 0 Å². The van der Waals surface area contributed by atoms with Crippen LogP contribution < -0.4 is 18.4 Å². The Morgan fingerprint density at radius 2 is 1.26 bits per heavy atom. The van der Waals surface area contributed by atoms with Gasteiger partial charge in [-0.3, -0.25) is 0 Å². The summed E-state index contributed by atoms with van der Waals surface area (Å²) in [4.78, 5) is 42.0. The molecule has 0 atom stereocenters. The number of carbonyl (C=O) groups excluding carboxylic acids is 3. The molecule has 12 heteroatoms. The Labute approximate surface area is 207 Å². The van der Waals surface area contributed by atoms with Gasteiger partial charge in [-0.1, -0.05) is 0 Å². The number of halogens is 3. The van der Waals surface area contributed by atoms with Crippen LogP contribution >= 0.6 is 0 Å².